The van der Waals surface area contributed by atoms with Crippen LogP contribution in [0.3, 0.4) is 0 Å². The molecule has 3 aromatic rings. The van der Waals surface area contributed by atoms with Crippen molar-refractivity contribution in [1.82, 2.24) is 20.3 Å². The van der Waals surface area contributed by atoms with Crippen LogP contribution in [0, 0.1) is 0 Å². The van der Waals surface area contributed by atoms with Gasteiger partial charge in [-0.05, 0) is 69.1 Å². The molecule has 0 unspecified atom stereocenters. The number of piperidine rings is 1. The number of hydrogen-bond acceptors (Lipinski definition) is 8. The molecule has 8 heteroatoms. The van der Waals surface area contributed by atoms with Crippen LogP contribution in [0.5, 0.6) is 5.75 Å². The number of hydrogen-bond donors (Lipinski definition) is 3. The zero-order valence-electron chi connectivity index (χ0n) is 19.0. The van der Waals surface area contributed by atoms with Crippen LogP contribution in [0.4, 0.5) is 5.95 Å². The second kappa shape index (κ2) is 9.75. The van der Waals surface area contributed by atoms with Crippen LogP contribution >= 0.6 is 11.3 Å². The summed E-state index contributed by atoms with van der Waals surface area (Å²) in [6, 6.07) is 10.3. The van der Waals surface area contributed by atoms with E-state index in [0.717, 1.165) is 58.5 Å². The maximum atomic E-state index is 11.4. The summed E-state index contributed by atoms with van der Waals surface area (Å²) in [5.41, 5.74) is 1.74. The predicted molar refractivity (Wildman–Crippen MR) is 132 cm³/mol. The van der Waals surface area contributed by atoms with Crippen molar-refractivity contribution < 1.29 is 9.84 Å². The van der Waals surface area contributed by atoms with Gasteiger partial charge < -0.3 is 20.5 Å². The van der Waals surface area contributed by atoms with Crippen molar-refractivity contribution in [3.63, 3.8) is 0 Å². The van der Waals surface area contributed by atoms with E-state index in [4.69, 9.17) is 14.7 Å². The molecule has 3 heterocycles. The van der Waals surface area contributed by atoms with E-state index in [9.17, 15) is 5.11 Å². The van der Waals surface area contributed by atoms with E-state index in [-0.39, 0.29) is 0 Å². The fraction of sp³-hybridized carbons (Fsp3) is 0.480. The third kappa shape index (κ3) is 4.88. The Morgan fingerprint density at radius 2 is 1.82 bits per heavy atom. The predicted octanol–water partition coefficient (Wildman–Crippen LogP) is 4.59. The summed E-state index contributed by atoms with van der Waals surface area (Å²) in [5, 5.41) is 19.0. The number of aromatic nitrogens is 3. The van der Waals surface area contributed by atoms with Gasteiger partial charge in [0.2, 0.25) is 5.95 Å². The van der Waals surface area contributed by atoms with Gasteiger partial charge in [-0.25, -0.2) is 15.0 Å². The second-order valence-electron chi connectivity index (χ2n) is 8.95. The van der Waals surface area contributed by atoms with Crippen molar-refractivity contribution in [2.24, 2.45) is 0 Å². The highest BCUT2D eigenvalue weighted by molar-refractivity contribution is 7.15. The van der Waals surface area contributed by atoms with Gasteiger partial charge in [-0.1, -0.05) is 19.3 Å². The summed E-state index contributed by atoms with van der Waals surface area (Å²) in [6.45, 7) is 1.57. The van der Waals surface area contributed by atoms with Crippen LogP contribution in [-0.4, -0.2) is 46.3 Å². The van der Waals surface area contributed by atoms with E-state index in [2.05, 4.69) is 15.6 Å². The van der Waals surface area contributed by atoms with Gasteiger partial charge in [-0.3, -0.25) is 0 Å². The smallest absolute Gasteiger partial charge is 0.223 e. The van der Waals surface area contributed by atoms with Crippen molar-refractivity contribution in [1.29, 1.82) is 0 Å². The molecule has 2 aliphatic rings. The molecule has 1 aliphatic carbocycles. The molecule has 2 aromatic heterocycles. The molecular weight excluding hydrogens is 434 g/mol. The monoisotopic (exact) mass is 465 g/mol. The lowest BCUT2D eigenvalue weighted by Gasteiger charge is -2.30. The summed E-state index contributed by atoms with van der Waals surface area (Å²) in [4.78, 5) is 15.3. The highest BCUT2D eigenvalue weighted by Gasteiger charge is 2.35. The Morgan fingerprint density at radius 1 is 1.06 bits per heavy atom. The number of nitrogens with zero attached hydrogens (tertiary/aromatic N) is 3. The van der Waals surface area contributed by atoms with Gasteiger partial charge >= 0.3 is 0 Å². The molecule has 1 aliphatic heterocycles. The summed E-state index contributed by atoms with van der Waals surface area (Å²) in [7, 11) is 1.66. The first-order valence-corrected chi connectivity index (χ1v) is 12.6. The number of aliphatic hydroxyl groups is 1. The summed E-state index contributed by atoms with van der Waals surface area (Å²) >= 11 is 1.54. The molecule has 1 saturated heterocycles. The molecule has 0 spiro atoms. The minimum Gasteiger partial charge on any atom is -0.497 e. The van der Waals surface area contributed by atoms with Gasteiger partial charge in [-0.2, -0.15) is 0 Å². The molecule has 1 aromatic carbocycles. The number of methoxy groups -OCH3 is 1. The Kier molecular flexibility index (Phi) is 6.57. The van der Waals surface area contributed by atoms with Crippen molar-refractivity contribution in [2.75, 3.05) is 25.5 Å². The average Bonchev–Trinajstić information content (AvgIpc) is 3.32. The molecule has 3 N–H and O–H groups in total. The van der Waals surface area contributed by atoms with Crippen LogP contribution < -0.4 is 15.4 Å². The Hall–Kier alpha value is -2.55. The second-order valence-corrected chi connectivity index (χ2v) is 9.95. The number of benzene rings is 1. The molecule has 174 valence electrons. The van der Waals surface area contributed by atoms with Crippen LogP contribution in [0.25, 0.3) is 21.8 Å². The van der Waals surface area contributed by atoms with E-state index in [1.165, 1.54) is 30.6 Å². The number of ether oxygens (including phenoxy) is 1. The van der Waals surface area contributed by atoms with Crippen molar-refractivity contribution in [3.05, 3.63) is 41.5 Å². The SMILES string of the molecule is COc1ccc(-c2nc(C3(O)CCNCC3)sc2-c2ccnc(NC3CCCCC3)n2)cc1. The van der Waals surface area contributed by atoms with Crippen molar-refractivity contribution >= 4 is 17.3 Å². The first kappa shape index (κ1) is 22.3. The zero-order chi connectivity index (χ0) is 22.7. The Balaban J connectivity index is 1.53. The van der Waals surface area contributed by atoms with Gasteiger partial charge in [0.15, 0.2) is 0 Å². The normalized spacial score (nSPS) is 18.7. The fourth-order valence-electron chi connectivity index (χ4n) is 4.68. The number of thiazole rings is 1. The van der Waals surface area contributed by atoms with E-state index >= 15 is 0 Å². The highest BCUT2D eigenvalue weighted by atomic mass is 32.1. The molecule has 0 bridgehead atoms. The number of nitrogens with one attached hydrogen (secondary N) is 2. The van der Waals surface area contributed by atoms with E-state index < -0.39 is 5.60 Å². The Morgan fingerprint density at radius 3 is 2.55 bits per heavy atom. The van der Waals surface area contributed by atoms with E-state index in [1.54, 1.807) is 7.11 Å². The third-order valence-corrected chi connectivity index (χ3v) is 7.92. The van der Waals surface area contributed by atoms with Gasteiger partial charge in [0.05, 0.1) is 23.4 Å². The minimum absolute atomic E-state index is 0.433. The van der Waals surface area contributed by atoms with Crippen LogP contribution in [-0.2, 0) is 5.60 Å². The summed E-state index contributed by atoms with van der Waals surface area (Å²) in [5.74, 6) is 1.46. The van der Waals surface area contributed by atoms with Crippen LogP contribution in [0.1, 0.15) is 50.0 Å². The molecule has 0 amide bonds. The molecule has 2 fully saturated rings. The number of rotatable bonds is 6. The minimum atomic E-state index is -0.911. The van der Waals surface area contributed by atoms with Crippen molar-refractivity contribution in [2.45, 2.75) is 56.6 Å². The summed E-state index contributed by atoms with van der Waals surface area (Å²) < 4.78 is 5.33. The Labute approximate surface area is 198 Å². The molecular formula is C25H31N5O2S. The van der Waals surface area contributed by atoms with Gasteiger partial charge in [0.25, 0.3) is 0 Å². The molecule has 33 heavy (non-hydrogen) atoms. The van der Waals surface area contributed by atoms with E-state index in [0.29, 0.717) is 24.8 Å². The lowest BCUT2D eigenvalue weighted by molar-refractivity contribution is 0.00582. The largest absolute Gasteiger partial charge is 0.497 e. The molecule has 1 saturated carbocycles. The van der Waals surface area contributed by atoms with Crippen LogP contribution in [0.15, 0.2) is 36.5 Å². The quantitative estimate of drug-likeness (QED) is 0.490. The van der Waals surface area contributed by atoms with Gasteiger partial charge in [0, 0.05) is 17.8 Å². The molecule has 0 atom stereocenters. The third-order valence-electron chi connectivity index (χ3n) is 6.65. The average molecular weight is 466 g/mol. The first-order chi connectivity index (χ1) is 16.1. The van der Waals surface area contributed by atoms with Crippen molar-refractivity contribution in [3.8, 4) is 27.6 Å². The van der Waals surface area contributed by atoms with E-state index in [1.807, 2.05) is 36.5 Å². The highest BCUT2D eigenvalue weighted by Crippen LogP contribution is 2.42. The zero-order valence-corrected chi connectivity index (χ0v) is 19.8. The fourth-order valence-corrected chi connectivity index (χ4v) is 5.88. The maximum Gasteiger partial charge on any atom is 0.223 e. The summed E-state index contributed by atoms with van der Waals surface area (Å²) in [6.07, 6.45) is 9.26. The van der Waals surface area contributed by atoms with Crippen LogP contribution in [0.2, 0.25) is 0 Å². The molecule has 5 rings (SSSR count). The molecule has 7 nitrogen and oxygen atoms in total. The van der Waals surface area contributed by atoms with Gasteiger partial charge in [0.1, 0.15) is 16.4 Å². The van der Waals surface area contributed by atoms with Gasteiger partial charge in [-0.15, -0.1) is 11.3 Å². The Bertz CT molecular complexity index is 1070. The topological polar surface area (TPSA) is 92.2 Å². The maximum absolute atomic E-state index is 11.4. The standard InChI is InChI=1S/C25H31N5O2S/c1-32-19-9-7-17(8-10-19)21-22(33-23(30-21)25(31)12-15-26-16-13-25)20-11-14-27-24(29-20)28-18-5-3-2-4-6-18/h7-11,14,18,26,31H,2-6,12-13,15-16H2,1H3,(H,27,28,29). The lowest BCUT2D eigenvalue weighted by Crippen LogP contribution is -2.39. The lowest BCUT2D eigenvalue weighted by atomic mass is 9.93. The molecule has 0 radical (unpaired) electrons. The first-order valence-electron chi connectivity index (χ1n) is 11.8. The number of anilines is 1.